The van der Waals surface area contributed by atoms with E-state index in [1.165, 1.54) is 0 Å². The highest BCUT2D eigenvalue weighted by Crippen LogP contribution is 2.26. The SMILES string of the molecule is Cc1nc2c(C)cccn2c1C(=O)Nc1ccc(Cl)cc1Cl. The number of rotatable bonds is 2. The van der Waals surface area contributed by atoms with Crippen molar-refractivity contribution in [3.05, 3.63) is 63.5 Å². The number of anilines is 1. The number of nitrogens with zero attached hydrogens (tertiary/aromatic N) is 2. The van der Waals surface area contributed by atoms with Crippen molar-refractivity contribution in [3.63, 3.8) is 0 Å². The number of aryl methyl sites for hydroxylation is 2. The Bertz CT molecular complexity index is 886. The van der Waals surface area contributed by atoms with Gasteiger partial charge in [-0.2, -0.15) is 0 Å². The van der Waals surface area contributed by atoms with Gasteiger partial charge in [0.1, 0.15) is 11.3 Å². The number of benzene rings is 1. The number of pyridine rings is 1. The van der Waals surface area contributed by atoms with E-state index in [4.69, 9.17) is 23.2 Å². The van der Waals surface area contributed by atoms with Crippen molar-refractivity contribution in [2.24, 2.45) is 0 Å². The molecule has 1 aromatic carbocycles. The Morgan fingerprint density at radius 1 is 1.23 bits per heavy atom. The van der Waals surface area contributed by atoms with Crippen LogP contribution in [0.5, 0.6) is 0 Å². The number of hydrogen-bond acceptors (Lipinski definition) is 2. The van der Waals surface area contributed by atoms with Gasteiger partial charge in [0, 0.05) is 11.2 Å². The van der Waals surface area contributed by atoms with Gasteiger partial charge in [0.2, 0.25) is 0 Å². The summed E-state index contributed by atoms with van der Waals surface area (Å²) in [7, 11) is 0. The van der Waals surface area contributed by atoms with Crippen molar-refractivity contribution in [1.82, 2.24) is 9.38 Å². The van der Waals surface area contributed by atoms with Crippen LogP contribution in [0.15, 0.2) is 36.5 Å². The molecule has 0 fully saturated rings. The molecule has 1 N–H and O–H groups in total. The van der Waals surface area contributed by atoms with Crippen LogP contribution in [-0.4, -0.2) is 15.3 Å². The first kappa shape index (κ1) is 14.9. The average Bonchev–Trinajstić information content (AvgIpc) is 2.80. The Morgan fingerprint density at radius 3 is 2.73 bits per heavy atom. The van der Waals surface area contributed by atoms with E-state index < -0.39 is 0 Å². The summed E-state index contributed by atoms with van der Waals surface area (Å²) in [6.07, 6.45) is 1.82. The lowest BCUT2D eigenvalue weighted by molar-refractivity contribution is 0.102. The van der Waals surface area contributed by atoms with Crippen LogP contribution in [0.3, 0.4) is 0 Å². The predicted molar refractivity (Wildman–Crippen MR) is 89.1 cm³/mol. The van der Waals surface area contributed by atoms with E-state index in [1.807, 2.05) is 32.2 Å². The third-order valence-corrected chi connectivity index (χ3v) is 3.96. The molecule has 0 atom stereocenters. The third-order valence-electron chi connectivity index (χ3n) is 3.41. The maximum atomic E-state index is 12.6. The minimum atomic E-state index is -0.264. The first-order valence-corrected chi connectivity index (χ1v) is 7.43. The number of fused-ring (bicyclic) bond motifs is 1. The van der Waals surface area contributed by atoms with Crippen LogP contribution in [-0.2, 0) is 0 Å². The van der Waals surface area contributed by atoms with E-state index in [-0.39, 0.29) is 5.91 Å². The molecule has 3 rings (SSSR count). The van der Waals surface area contributed by atoms with Crippen molar-refractivity contribution in [2.45, 2.75) is 13.8 Å². The second-order valence-corrected chi connectivity index (χ2v) is 5.85. The zero-order valence-electron chi connectivity index (χ0n) is 12.0. The Labute approximate surface area is 137 Å². The summed E-state index contributed by atoms with van der Waals surface area (Å²) in [6, 6.07) is 8.78. The summed E-state index contributed by atoms with van der Waals surface area (Å²) >= 11 is 12.0. The van der Waals surface area contributed by atoms with Gasteiger partial charge in [0.15, 0.2) is 0 Å². The van der Waals surface area contributed by atoms with Gasteiger partial charge in [-0.25, -0.2) is 4.98 Å². The molecular formula is C16H13Cl2N3O. The monoisotopic (exact) mass is 333 g/mol. The smallest absolute Gasteiger partial charge is 0.274 e. The number of nitrogens with one attached hydrogen (secondary N) is 1. The molecule has 0 saturated heterocycles. The summed E-state index contributed by atoms with van der Waals surface area (Å²) in [5.74, 6) is -0.264. The molecule has 0 aliphatic heterocycles. The van der Waals surface area contributed by atoms with Crippen LogP contribution in [0.4, 0.5) is 5.69 Å². The Hall–Kier alpha value is -2.04. The normalized spacial score (nSPS) is 10.9. The molecule has 0 unspecified atom stereocenters. The van der Waals surface area contributed by atoms with Crippen LogP contribution in [0.2, 0.25) is 10.0 Å². The molecule has 0 radical (unpaired) electrons. The Balaban J connectivity index is 2.02. The summed E-state index contributed by atoms with van der Waals surface area (Å²) in [5, 5.41) is 3.71. The van der Waals surface area contributed by atoms with Gasteiger partial charge < -0.3 is 5.32 Å². The molecule has 0 saturated carbocycles. The van der Waals surface area contributed by atoms with Gasteiger partial charge in [-0.05, 0) is 43.7 Å². The lowest BCUT2D eigenvalue weighted by atomic mass is 10.2. The lowest BCUT2D eigenvalue weighted by Crippen LogP contribution is -2.15. The molecule has 0 spiro atoms. The number of hydrogen-bond donors (Lipinski definition) is 1. The van der Waals surface area contributed by atoms with Crippen LogP contribution in [0, 0.1) is 13.8 Å². The largest absolute Gasteiger partial charge is 0.319 e. The maximum absolute atomic E-state index is 12.6. The summed E-state index contributed by atoms with van der Waals surface area (Å²) < 4.78 is 1.78. The van der Waals surface area contributed by atoms with Crippen molar-refractivity contribution < 1.29 is 4.79 Å². The highest BCUT2D eigenvalue weighted by molar-refractivity contribution is 6.36. The van der Waals surface area contributed by atoms with E-state index in [2.05, 4.69) is 10.3 Å². The predicted octanol–water partition coefficient (Wildman–Crippen LogP) is 4.51. The van der Waals surface area contributed by atoms with Gasteiger partial charge in [-0.1, -0.05) is 29.3 Å². The second-order valence-electron chi connectivity index (χ2n) is 5.01. The first-order chi connectivity index (χ1) is 10.5. The molecule has 3 aromatic rings. The molecule has 112 valence electrons. The van der Waals surface area contributed by atoms with Crippen LogP contribution < -0.4 is 5.32 Å². The zero-order valence-corrected chi connectivity index (χ0v) is 13.5. The van der Waals surface area contributed by atoms with Crippen molar-refractivity contribution in [1.29, 1.82) is 0 Å². The molecule has 4 nitrogen and oxygen atoms in total. The van der Waals surface area contributed by atoms with Gasteiger partial charge in [0.25, 0.3) is 5.91 Å². The molecule has 2 aromatic heterocycles. The molecule has 2 heterocycles. The molecule has 6 heteroatoms. The highest BCUT2D eigenvalue weighted by Gasteiger charge is 2.18. The van der Waals surface area contributed by atoms with Crippen molar-refractivity contribution in [3.8, 4) is 0 Å². The fourth-order valence-electron chi connectivity index (χ4n) is 2.36. The molecule has 0 bridgehead atoms. The number of amides is 1. The number of halogens is 2. The topological polar surface area (TPSA) is 46.4 Å². The van der Waals surface area contributed by atoms with Crippen LogP contribution >= 0.6 is 23.2 Å². The van der Waals surface area contributed by atoms with E-state index in [1.54, 1.807) is 22.6 Å². The summed E-state index contributed by atoms with van der Waals surface area (Å²) in [4.78, 5) is 17.1. The van der Waals surface area contributed by atoms with Crippen LogP contribution in [0.25, 0.3) is 5.65 Å². The second kappa shape index (κ2) is 5.63. The Morgan fingerprint density at radius 2 is 2.00 bits per heavy atom. The average molecular weight is 334 g/mol. The van der Waals surface area contributed by atoms with Crippen molar-refractivity contribution in [2.75, 3.05) is 5.32 Å². The van der Waals surface area contributed by atoms with Gasteiger partial charge in [-0.15, -0.1) is 0 Å². The minimum Gasteiger partial charge on any atom is -0.319 e. The molecule has 1 amide bonds. The molecule has 0 aliphatic rings. The number of carbonyl (C=O) groups is 1. The summed E-state index contributed by atoms with van der Waals surface area (Å²) in [5.41, 5.74) is 3.45. The number of imidazole rings is 1. The molecular weight excluding hydrogens is 321 g/mol. The minimum absolute atomic E-state index is 0.264. The van der Waals surface area contributed by atoms with E-state index in [0.29, 0.717) is 27.1 Å². The fourth-order valence-corrected chi connectivity index (χ4v) is 2.82. The van der Waals surface area contributed by atoms with Gasteiger partial charge in [0.05, 0.1) is 16.4 Å². The lowest BCUT2D eigenvalue weighted by Gasteiger charge is -2.08. The van der Waals surface area contributed by atoms with E-state index in [0.717, 1.165) is 11.2 Å². The van der Waals surface area contributed by atoms with Gasteiger partial charge in [-0.3, -0.25) is 9.20 Å². The molecule has 0 aliphatic carbocycles. The fraction of sp³-hybridized carbons (Fsp3) is 0.125. The zero-order chi connectivity index (χ0) is 15.9. The quantitative estimate of drug-likeness (QED) is 0.749. The van der Waals surface area contributed by atoms with E-state index in [9.17, 15) is 4.79 Å². The number of aromatic nitrogens is 2. The highest BCUT2D eigenvalue weighted by atomic mass is 35.5. The third kappa shape index (κ3) is 2.56. The Kier molecular flexibility index (Phi) is 3.81. The van der Waals surface area contributed by atoms with Crippen molar-refractivity contribution >= 4 is 40.4 Å². The van der Waals surface area contributed by atoms with Gasteiger partial charge >= 0.3 is 0 Å². The number of carbonyl (C=O) groups excluding carboxylic acids is 1. The maximum Gasteiger partial charge on any atom is 0.274 e. The standard InChI is InChI=1S/C16H13Cl2N3O/c1-9-4-3-7-21-14(10(2)19-15(9)21)16(22)20-13-6-5-11(17)8-12(13)18/h3-8H,1-2H3,(H,20,22). The first-order valence-electron chi connectivity index (χ1n) is 6.68. The van der Waals surface area contributed by atoms with Crippen LogP contribution in [0.1, 0.15) is 21.7 Å². The molecule has 22 heavy (non-hydrogen) atoms. The summed E-state index contributed by atoms with van der Waals surface area (Å²) in [6.45, 7) is 3.77. The van der Waals surface area contributed by atoms with E-state index >= 15 is 0 Å².